The summed E-state index contributed by atoms with van der Waals surface area (Å²) in [5.41, 5.74) is 7.36. The Balaban J connectivity index is 2.31. The molecule has 2 aromatic rings. The summed E-state index contributed by atoms with van der Waals surface area (Å²) < 4.78 is 5.16. The Kier molecular flexibility index (Phi) is 4.35. The predicted octanol–water partition coefficient (Wildman–Crippen LogP) is 3.52. The Hall–Kier alpha value is -1.94. The average molecular weight is 292 g/mol. The fourth-order valence-electron chi connectivity index (χ4n) is 2.02. The molecule has 2 N–H and O–H groups in total. The predicted molar refractivity (Wildman–Crippen MR) is 83.5 cm³/mol. The van der Waals surface area contributed by atoms with Gasteiger partial charge in [0.25, 0.3) is 0 Å². The molecule has 1 aromatic carbocycles. The molecule has 0 spiro atoms. The second kappa shape index (κ2) is 6.01. The van der Waals surface area contributed by atoms with Crippen molar-refractivity contribution in [3.63, 3.8) is 0 Å². The number of nitrogen functional groups attached to an aromatic ring is 1. The van der Waals surface area contributed by atoms with Gasteiger partial charge >= 0.3 is 0 Å². The number of hydrogen-bond donors (Lipinski definition) is 1. The van der Waals surface area contributed by atoms with Gasteiger partial charge in [0.1, 0.15) is 5.82 Å². The van der Waals surface area contributed by atoms with Gasteiger partial charge in [-0.1, -0.05) is 29.8 Å². The summed E-state index contributed by atoms with van der Waals surface area (Å²) in [7, 11) is 3.52. The van der Waals surface area contributed by atoms with Crippen molar-refractivity contribution in [1.82, 2.24) is 4.98 Å². The van der Waals surface area contributed by atoms with E-state index >= 15 is 0 Å². The Morgan fingerprint density at radius 1 is 1.25 bits per heavy atom. The molecule has 0 aliphatic carbocycles. The van der Waals surface area contributed by atoms with Crippen LogP contribution in [-0.4, -0.2) is 19.1 Å². The van der Waals surface area contributed by atoms with Crippen molar-refractivity contribution in [3.05, 3.63) is 47.0 Å². The molecule has 0 fully saturated rings. The van der Waals surface area contributed by atoms with Gasteiger partial charge in [-0.15, -0.1) is 0 Å². The Bertz CT molecular complexity index is 603. The van der Waals surface area contributed by atoms with Crippen LogP contribution in [0.5, 0.6) is 5.88 Å². The van der Waals surface area contributed by atoms with E-state index in [9.17, 15) is 0 Å². The molecule has 20 heavy (non-hydrogen) atoms. The third-order valence-electron chi connectivity index (χ3n) is 3.37. The number of aromatic nitrogens is 1. The monoisotopic (exact) mass is 291 g/mol. The molecule has 0 bridgehead atoms. The van der Waals surface area contributed by atoms with Crippen LogP contribution in [0.15, 0.2) is 36.4 Å². The zero-order valence-corrected chi connectivity index (χ0v) is 12.6. The Morgan fingerprint density at radius 2 is 1.95 bits per heavy atom. The molecule has 1 aromatic heterocycles. The largest absolute Gasteiger partial charge is 0.479 e. The molecular formula is C15H18ClN3O. The first-order valence-electron chi connectivity index (χ1n) is 6.32. The number of pyridine rings is 1. The van der Waals surface area contributed by atoms with Crippen LogP contribution >= 0.6 is 11.6 Å². The molecular weight excluding hydrogens is 274 g/mol. The molecule has 106 valence electrons. The fourth-order valence-corrected chi connectivity index (χ4v) is 2.32. The average Bonchev–Trinajstić information content (AvgIpc) is 2.47. The highest BCUT2D eigenvalue weighted by Crippen LogP contribution is 2.30. The van der Waals surface area contributed by atoms with Crippen LogP contribution in [0.25, 0.3) is 0 Å². The molecule has 2 rings (SSSR count). The van der Waals surface area contributed by atoms with E-state index in [0.717, 1.165) is 16.4 Å². The van der Waals surface area contributed by atoms with Gasteiger partial charge in [0.15, 0.2) is 0 Å². The zero-order valence-electron chi connectivity index (χ0n) is 11.8. The van der Waals surface area contributed by atoms with Crippen LogP contribution in [0.4, 0.5) is 11.5 Å². The first kappa shape index (κ1) is 14.5. The number of ether oxygens (including phenoxy) is 1. The molecule has 1 heterocycles. The molecule has 0 amide bonds. The molecule has 0 radical (unpaired) electrons. The summed E-state index contributed by atoms with van der Waals surface area (Å²) in [4.78, 5) is 6.43. The third-order valence-corrected chi connectivity index (χ3v) is 3.71. The lowest BCUT2D eigenvalue weighted by molar-refractivity contribution is 0.400. The number of anilines is 2. The number of hydrogen-bond acceptors (Lipinski definition) is 4. The van der Waals surface area contributed by atoms with E-state index in [4.69, 9.17) is 22.1 Å². The number of nitrogens with two attached hydrogens (primary N) is 1. The van der Waals surface area contributed by atoms with Gasteiger partial charge in [-0.2, -0.15) is 4.98 Å². The van der Waals surface area contributed by atoms with Crippen LogP contribution in [0.3, 0.4) is 0 Å². The van der Waals surface area contributed by atoms with Gasteiger partial charge in [0.05, 0.1) is 18.8 Å². The highest BCUT2D eigenvalue weighted by Gasteiger charge is 2.17. The van der Waals surface area contributed by atoms with E-state index in [2.05, 4.69) is 11.9 Å². The van der Waals surface area contributed by atoms with Gasteiger partial charge < -0.3 is 15.4 Å². The third kappa shape index (κ3) is 2.80. The molecule has 1 atom stereocenters. The van der Waals surface area contributed by atoms with Crippen molar-refractivity contribution in [2.45, 2.75) is 13.0 Å². The summed E-state index contributed by atoms with van der Waals surface area (Å²) in [5, 5.41) is 0.745. The van der Waals surface area contributed by atoms with Crippen molar-refractivity contribution in [3.8, 4) is 5.88 Å². The summed E-state index contributed by atoms with van der Waals surface area (Å²) in [5.74, 6) is 1.21. The number of halogens is 1. The van der Waals surface area contributed by atoms with E-state index in [0.29, 0.717) is 11.6 Å². The summed E-state index contributed by atoms with van der Waals surface area (Å²) in [6.07, 6.45) is 0. The summed E-state index contributed by atoms with van der Waals surface area (Å²) in [6.45, 7) is 2.08. The molecule has 0 aliphatic heterocycles. The molecule has 4 nitrogen and oxygen atoms in total. The fraction of sp³-hybridized carbons (Fsp3) is 0.267. The molecule has 0 saturated heterocycles. The lowest BCUT2D eigenvalue weighted by atomic mass is 10.1. The van der Waals surface area contributed by atoms with E-state index in [1.807, 2.05) is 42.3 Å². The van der Waals surface area contributed by atoms with Crippen molar-refractivity contribution in [2.75, 3.05) is 24.8 Å². The Labute approximate surface area is 124 Å². The maximum atomic E-state index is 6.24. The first-order chi connectivity index (χ1) is 9.54. The molecule has 0 saturated carbocycles. The molecule has 5 heteroatoms. The van der Waals surface area contributed by atoms with Crippen LogP contribution < -0.4 is 15.4 Å². The second-order valence-electron chi connectivity index (χ2n) is 4.58. The standard InChI is InChI=1S/C15H18ClN3O/c1-10(11-6-4-5-7-12(11)16)19(2)14-9-8-13(17)15(18-14)20-3/h4-10H,17H2,1-3H3. The van der Waals surface area contributed by atoms with Crippen LogP contribution in [-0.2, 0) is 0 Å². The highest BCUT2D eigenvalue weighted by molar-refractivity contribution is 6.31. The van der Waals surface area contributed by atoms with E-state index in [1.165, 1.54) is 0 Å². The van der Waals surface area contributed by atoms with Gasteiger partial charge in [-0.05, 0) is 30.7 Å². The maximum Gasteiger partial charge on any atom is 0.238 e. The topological polar surface area (TPSA) is 51.4 Å². The van der Waals surface area contributed by atoms with Gasteiger partial charge in [0.2, 0.25) is 5.88 Å². The second-order valence-corrected chi connectivity index (χ2v) is 4.98. The smallest absolute Gasteiger partial charge is 0.238 e. The summed E-state index contributed by atoms with van der Waals surface area (Å²) in [6, 6.07) is 11.5. The maximum absolute atomic E-state index is 6.24. The van der Waals surface area contributed by atoms with Crippen molar-refractivity contribution in [1.29, 1.82) is 0 Å². The lowest BCUT2D eigenvalue weighted by Crippen LogP contribution is -2.23. The van der Waals surface area contributed by atoms with Gasteiger partial charge in [-0.3, -0.25) is 0 Å². The van der Waals surface area contributed by atoms with Crippen molar-refractivity contribution in [2.24, 2.45) is 0 Å². The molecule has 0 aliphatic rings. The number of rotatable bonds is 4. The quantitative estimate of drug-likeness (QED) is 0.936. The van der Waals surface area contributed by atoms with Crippen LogP contribution in [0.1, 0.15) is 18.5 Å². The minimum atomic E-state index is 0.0875. The van der Waals surface area contributed by atoms with Gasteiger partial charge in [-0.25, -0.2) is 0 Å². The minimum Gasteiger partial charge on any atom is -0.479 e. The normalized spacial score (nSPS) is 12.0. The number of benzene rings is 1. The highest BCUT2D eigenvalue weighted by atomic mass is 35.5. The zero-order chi connectivity index (χ0) is 14.7. The van der Waals surface area contributed by atoms with Crippen molar-refractivity contribution < 1.29 is 4.74 Å². The van der Waals surface area contributed by atoms with E-state index in [-0.39, 0.29) is 6.04 Å². The van der Waals surface area contributed by atoms with Gasteiger partial charge in [0, 0.05) is 12.1 Å². The van der Waals surface area contributed by atoms with Crippen LogP contribution in [0.2, 0.25) is 5.02 Å². The van der Waals surface area contributed by atoms with E-state index < -0.39 is 0 Å². The number of nitrogens with zero attached hydrogens (tertiary/aromatic N) is 2. The Morgan fingerprint density at radius 3 is 2.60 bits per heavy atom. The lowest BCUT2D eigenvalue weighted by Gasteiger charge is -2.27. The van der Waals surface area contributed by atoms with Crippen LogP contribution in [0, 0.1) is 0 Å². The van der Waals surface area contributed by atoms with Crippen molar-refractivity contribution >= 4 is 23.1 Å². The van der Waals surface area contributed by atoms with E-state index in [1.54, 1.807) is 13.2 Å². The summed E-state index contributed by atoms with van der Waals surface area (Å²) >= 11 is 6.24. The minimum absolute atomic E-state index is 0.0875. The molecule has 1 unspecified atom stereocenters. The SMILES string of the molecule is COc1nc(N(C)C(C)c2ccccc2Cl)ccc1N. The first-order valence-corrected chi connectivity index (χ1v) is 6.70. The number of methoxy groups -OCH3 is 1.